The Kier molecular flexibility index (Phi) is 12.7. The van der Waals surface area contributed by atoms with Gasteiger partial charge in [0.1, 0.15) is 0 Å². The molecule has 0 aromatic rings. The molecule has 4 atom stereocenters. The van der Waals surface area contributed by atoms with Crippen molar-refractivity contribution < 1.29 is 29.0 Å². The monoisotopic (exact) mass is 410 g/mol. The molecule has 0 saturated carbocycles. The number of hydrogen-bond donors (Lipinski definition) is 4. The van der Waals surface area contributed by atoms with E-state index in [0.717, 1.165) is 37.8 Å². The Bertz CT molecular complexity index is 338. The summed E-state index contributed by atoms with van der Waals surface area (Å²) in [7, 11) is -2.35. The topological polar surface area (TPSA) is 99.4 Å². The fraction of sp³-hybridized carbons (Fsp3) is 1.00. The van der Waals surface area contributed by atoms with Crippen molar-refractivity contribution in [1.82, 2.24) is 0 Å². The molecule has 0 bridgehead atoms. The number of unbranched alkanes of at least 4 members (excludes halogenated alkanes) is 2. The quantitative estimate of drug-likeness (QED) is 0.245. The molecular weight excluding hydrogens is 368 g/mol. The second kappa shape index (κ2) is 12.6. The Hall–Kier alpha value is 0.194. The normalized spacial score (nSPS) is 19.6. The zero-order chi connectivity index (χ0) is 20.4. The van der Waals surface area contributed by atoms with Crippen LogP contribution in [0.2, 0.25) is 31.7 Å². The van der Waals surface area contributed by atoms with E-state index in [9.17, 15) is 20.4 Å². The molecule has 0 aliphatic rings. The van der Waals surface area contributed by atoms with Gasteiger partial charge in [0.25, 0.3) is 0 Å². The summed E-state index contributed by atoms with van der Waals surface area (Å²) in [6.45, 7) is 9.72. The fourth-order valence-electron chi connectivity index (χ4n) is 3.01. The zero-order valence-corrected chi connectivity index (χ0v) is 19.6. The first-order chi connectivity index (χ1) is 11.9. The van der Waals surface area contributed by atoms with E-state index in [-0.39, 0.29) is 0 Å². The van der Waals surface area contributed by atoms with Crippen molar-refractivity contribution in [3.8, 4) is 0 Å². The summed E-state index contributed by atoms with van der Waals surface area (Å²) in [5.74, 6) is 0. The highest BCUT2D eigenvalue weighted by atomic mass is 28.4. The van der Waals surface area contributed by atoms with Gasteiger partial charge >= 0.3 is 8.56 Å². The first kappa shape index (κ1) is 26.2. The van der Waals surface area contributed by atoms with Crippen molar-refractivity contribution in [3.05, 3.63) is 0 Å². The Morgan fingerprint density at radius 1 is 0.731 bits per heavy atom. The molecule has 0 spiro atoms. The summed E-state index contributed by atoms with van der Waals surface area (Å²) >= 11 is 0. The largest absolute Gasteiger partial charge is 0.436 e. The van der Waals surface area contributed by atoms with Crippen LogP contribution in [0.15, 0.2) is 0 Å². The van der Waals surface area contributed by atoms with Gasteiger partial charge in [-0.15, -0.1) is 0 Å². The standard InChI is InChI=1S/C18H42O6Si2/c1-15(19)17(21)11-7-9-13-26(23-3,24-25(4,5)6)14-10-8-12-18(22)16(2)20/h15-22H,7-14H2,1-6H3. The van der Waals surface area contributed by atoms with E-state index in [0.29, 0.717) is 12.8 Å². The highest BCUT2D eigenvalue weighted by Crippen LogP contribution is 2.29. The average molecular weight is 411 g/mol. The second-order valence-corrected chi connectivity index (χ2v) is 16.7. The Morgan fingerprint density at radius 2 is 1.12 bits per heavy atom. The Labute approximate surface area is 161 Å². The van der Waals surface area contributed by atoms with Crippen LogP contribution in [-0.2, 0) is 8.54 Å². The van der Waals surface area contributed by atoms with Gasteiger partial charge in [0.2, 0.25) is 0 Å². The van der Waals surface area contributed by atoms with Gasteiger partial charge in [0.15, 0.2) is 8.32 Å². The van der Waals surface area contributed by atoms with E-state index in [1.54, 1.807) is 21.0 Å². The molecule has 0 aromatic heterocycles. The number of hydrogen-bond acceptors (Lipinski definition) is 6. The van der Waals surface area contributed by atoms with Crippen molar-refractivity contribution in [2.24, 2.45) is 0 Å². The molecule has 0 amide bonds. The molecular formula is C18H42O6Si2. The molecule has 8 heteroatoms. The minimum atomic E-state index is -2.33. The lowest BCUT2D eigenvalue weighted by molar-refractivity contribution is 0.0247. The number of aliphatic hydroxyl groups is 4. The van der Waals surface area contributed by atoms with E-state index in [2.05, 4.69) is 19.6 Å². The van der Waals surface area contributed by atoms with Gasteiger partial charge in [-0.2, -0.15) is 0 Å². The van der Waals surface area contributed by atoms with Crippen LogP contribution in [0.5, 0.6) is 0 Å². The van der Waals surface area contributed by atoms with Gasteiger partial charge in [-0.05, 0) is 58.4 Å². The molecule has 0 saturated heterocycles. The lowest BCUT2D eigenvalue weighted by Crippen LogP contribution is -2.49. The molecule has 0 aromatic carbocycles. The Balaban J connectivity index is 4.60. The summed E-state index contributed by atoms with van der Waals surface area (Å²) in [4.78, 5) is 0. The summed E-state index contributed by atoms with van der Waals surface area (Å²) < 4.78 is 12.5. The van der Waals surface area contributed by atoms with Crippen LogP contribution in [-0.4, -0.2) is 68.8 Å². The van der Waals surface area contributed by atoms with Crippen molar-refractivity contribution in [1.29, 1.82) is 0 Å². The Morgan fingerprint density at radius 3 is 1.38 bits per heavy atom. The van der Waals surface area contributed by atoms with Gasteiger partial charge in [0.05, 0.1) is 24.4 Å². The van der Waals surface area contributed by atoms with Gasteiger partial charge in [-0.25, -0.2) is 0 Å². The highest BCUT2D eigenvalue weighted by molar-refractivity contribution is 6.82. The van der Waals surface area contributed by atoms with Crippen LogP contribution in [0.1, 0.15) is 52.4 Å². The maximum absolute atomic E-state index is 9.73. The van der Waals surface area contributed by atoms with Gasteiger partial charge in [0, 0.05) is 7.11 Å². The maximum atomic E-state index is 9.73. The van der Waals surface area contributed by atoms with Crippen LogP contribution >= 0.6 is 0 Å². The first-order valence-electron chi connectivity index (χ1n) is 9.90. The summed E-state index contributed by atoms with van der Waals surface area (Å²) in [5.41, 5.74) is 0. The molecule has 0 radical (unpaired) electrons. The molecule has 158 valence electrons. The second-order valence-electron chi connectivity index (χ2n) is 8.44. The molecule has 4 N–H and O–H groups in total. The third-order valence-electron chi connectivity index (χ3n) is 4.59. The predicted octanol–water partition coefficient (Wildman–Crippen LogP) is 2.75. The van der Waals surface area contributed by atoms with Crippen LogP contribution in [0.4, 0.5) is 0 Å². The van der Waals surface area contributed by atoms with Crippen LogP contribution < -0.4 is 0 Å². The molecule has 4 unspecified atom stereocenters. The van der Waals surface area contributed by atoms with Crippen LogP contribution in [0.3, 0.4) is 0 Å². The van der Waals surface area contributed by atoms with Gasteiger partial charge in [-0.3, -0.25) is 0 Å². The maximum Gasteiger partial charge on any atom is 0.327 e. The zero-order valence-electron chi connectivity index (χ0n) is 17.6. The summed E-state index contributed by atoms with van der Waals surface area (Å²) in [6.07, 6.45) is 1.91. The molecule has 0 aliphatic carbocycles. The molecule has 0 fully saturated rings. The summed E-state index contributed by atoms with van der Waals surface area (Å²) in [6, 6.07) is 1.75. The lowest BCUT2D eigenvalue weighted by Gasteiger charge is -2.36. The van der Waals surface area contributed by atoms with Crippen molar-refractivity contribution in [2.45, 2.75) is 109 Å². The van der Waals surface area contributed by atoms with Crippen LogP contribution in [0.25, 0.3) is 0 Å². The van der Waals surface area contributed by atoms with E-state index < -0.39 is 41.3 Å². The van der Waals surface area contributed by atoms with Gasteiger partial charge in [-0.1, -0.05) is 25.7 Å². The number of rotatable bonds is 15. The minimum absolute atomic E-state index is 0.583. The highest BCUT2D eigenvalue weighted by Gasteiger charge is 2.39. The molecule has 26 heavy (non-hydrogen) atoms. The fourth-order valence-corrected chi connectivity index (χ4v) is 10.9. The average Bonchev–Trinajstić information content (AvgIpc) is 2.53. The van der Waals surface area contributed by atoms with E-state index >= 15 is 0 Å². The van der Waals surface area contributed by atoms with Crippen molar-refractivity contribution in [2.75, 3.05) is 7.11 Å². The van der Waals surface area contributed by atoms with Crippen molar-refractivity contribution in [3.63, 3.8) is 0 Å². The lowest BCUT2D eigenvalue weighted by atomic mass is 10.1. The smallest absolute Gasteiger partial charge is 0.327 e. The summed E-state index contributed by atoms with van der Waals surface area (Å²) in [5, 5.41) is 38.2. The molecule has 6 nitrogen and oxygen atoms in total. The minimum Gasteiger partial charge on any atom is -0.436 e. The van der Waals surface area contributed by atoms with Crippen molar-refractivity contribution >= 4 is 16.9 Å². The van der Waals surface area contributed by atoms with Crippen LogP contribution in [0, 0.1) is 0 Å². The molecule has 0 aliphatic heterocycles. The third kappa shape index (κ3) is 11.8. The number of aliphatic hydroxyl groups excluding tert-OH is 4. The molecule has 0 rings (SSSR count). The van der Waals surface area contributed by atoms with E-state index in [4.69, 9.17) is 8.54 Å². The molecule has 0 heterocycles. The predicted molar refractivity (Wildman–Crippen MR) is 110 cm³/mol. The van der Waals surface area contributed by atoms with E-state index in [1.165, 1.54) is 0 Å². The SMILES string of the molecule is CO[Si](CCCCC(O)C(C)O)(CCCCC(O)C(C)O)O[Si](C)(C)C. The first-order valence-corrected chi connectivity index (χ1v) is 15.5. The van der Waals surface area contributed by atoms with E-state index in [1.807, 2.05) is 0 Å². The van der Waals surface area contributed by atoms with Gasteiger partial charge < -0.3 is 29.0 Å². The third-order valence-corrected chi connectivity index (χ3v) is 11.5.